The van der Waals surface area contributed by atoms with E-state index in [-0.39, 0.29) is 17.9 Å². The molecular weight excluding hydrogens is 307 g/mol. The number of carbonyl (C=O) groups is 2. The van der Waals surface area contributed by atoms with E-state index in [9.17, 15) is 14.0 Å². The lowest BCUT2D eigenvalue weighted by atomic mass is 10.0. The maximum atomic E-state index is 13.5. The van der Waals surface area contributed by atoms with Crippen LogP contribution in [0.4, 0.5) is 4.39 Å². The topological polar surface area (TPSA) is 40.6 Å². The third-order valence-electron chi connectivity index (χ3n) is 4.34. The molecule has 1 aliphatic rings. The zero-order valence-electron chi connectivity index (χ0n) is 13.5. The predicted octanol–water partition coefficient (Wildman–Crippen LogP) is 2.87. The molecule has 0 N–H and O–H groups in total. The van der Waals surface area contributed by atoms with Gasteiger partial charge in [0.1, 0.15) is 5.82 Å². The molecule has 0 spiro atoms. The monoisotopic (exact) mass is 326 g/mol. The number of benzene rings is 2. The van der Waals surface area contributed by atoms with Crippen LogP contribution in [0.2, 0.25) is 0 Å². The van der Waals surface area contributed by atoms with Crippen LogP contribution in [0, 0.1) is 5.82 Å². The van der Waals surface area contributed by atoms with E-state index < -0.39 is 5.82 Å². The van der Waals surface area contributed by atoms with E-state index >= 15 is 0 Å². The highest BCUT2D eigenvalue weighted by atomic mass is 19.1. The van der Waals surface area contributed by atoms with E-state index in [1.54, 1.807) is 15.9 Å². The van der Waals surface area contributed by atoms with Crippen LogP contribution in [0.5, 0.6) is 0 Å². The standard InChI is InChI=1S/C19H19FN2O2/c1-14(23)21-10-11-22(18(13-21)15-6-3-2-4-7-15)19(24)16-8-5-9-17(20)12-16/h2-9,12,18H,10-11,13H2,1H3. The van der Waals surface area contributed by atoms with Gasteiger partial charge in [-0.05, 0) is 23.8 Å². The summed E-state index contributed by atoms with van der Waals surface area (Å²) in [5, 5.41) is 0. The SMILES string of the molecule is CC(=O)N1CCN(C(=O)c2cccc(F)c2)C(c2ccccc2)C1. The smallest absolute Gasteiger partial charge is 0.254 e. The molecule has 0 saturated carbocycles. The fourth-order valence-corrected chi connectivity index (χ4v) is 3.06. The van der Waals surface area contributed by atoms with E-state index in [1.807, 2.05) is 30.3 Å². The molecule has 3 rings (SSSR count). The second-order valence-electron chi connectivity index (χ2n) is 5.90. The highest BCUT2D eigenvalue weighted by Crippen LogP contribution is 2.27. The lowest BCUT2D eigenvalue weighted by molar-refractivity contribution is -0.131. The molecule has 0 bridgehead atoms. The Kier molecular flexibility index (Phi) is 4.60. The van der Waals surface area contributed by atoms with Gasteiger partial charge in [-0.15, -0.1) is 0 Å². The molecule has 0 aromatic heterocycles. The Morgan fingerprint density at radius 1 is 1.04 bits per heavy atom. The molecule has 1 aliphatic heterocycles. The number of piperazine rings is 1. The lowest BCUT2D eigenvalue weighted by Crippen LogP contribution is -2.51. The molecule has 2 aromatic rings. The molecule has 1 fully saturated rings. The van der Waals surface area contributed by atoms with Crippen LogP contribution in [-0.4, -0.2) is 41.2 Å². The zero-order valence-corrected chi connectivity index (χ0v) is 13.5. The van der Waals surface area contributed by atoms with Crippen molar-refractivity contribution >= 4 is 11.8 Å². The summed E-state index contributed by atoms with van der Waals surface area (Å²) in [6.07, 6.45) is 0. The quantitative estimate of drug-likeness (QED) is 0.851. The van der Waals surface area contributed by atoms with E-state index in [1.165, 1.54) is 25.1 Å². The number of hydrogen-bond donors (Lipinski definition) is 0. The Bertz CT molecular complexity index is 748. The van der Waals surface area contributed by atoms with Crippen LogP contribution >= 0.6 is 0 Å². The van der Waals surface area contributed by atoms with Crippen molar-refractivity contribution in [3.8, 4) is 0 Å². The first-order valence-electron chi connectivity index (χ1n) is 7.93. The molecule has 4 nitrogen and oxygen atoms in total. The van der Waals surface area contributed by atoms with Gasteiger partial charge in [0.15, 0.2) is 0 Å². The molecule has 1 saturated heterocycles. The Morgan fingerprint density at radius 2 is 1.79 bits per heavy atom. The van der Waals surface area contributed by atoms with Crippen LogP contribution in [-0.2, 0) is 4.79 Å². The highest BCUT2D eigenvalue weighted by molar-refractivity contribution is 5.94. The van der Waals surface area contributed by atoms with Crippen molar-refractivity contribution < 1.29 is 14.0 Å². The number of hydrogen-bond acceptors (Lipinski definition) is 2. The number of rotatable bonds is 2. The Hall–Kier alpha value is -2.69. The first kappa shape index (κ1) is 16.2. The van der Waals surface area contributed by atoms with E-state index in [0.717, 1.165) is 5.56 Å². The van der Waals surface area contributed by atoms with Gasteiger partial charge in [0.2, 0.25) is 5.91 Å². The summed E-state index contributed by atoms with van der Waals surface area (Å²) >= 11 is 0. The van der Waals surface area contributed by atoms with Gasteiger partial charge in [-0.1, -0.05) is 36.4 Å². The van der Waals surface area contributed by atoms with Gasteiger partial charge in [0.05, 0.1) is 6.04 Å². The van der Waals surface area contributed by atoms with Crippen molar-refractivity contribution in [2.45, 2.75) is 13.0 Å². The Balaban J connectivity index is 1.92. The summed E-state index contributed by atoms with van der Waals surface area (Å²) in [5.74, 6) is -0.653. The predicted molar refractivity (Wildman–Crippen MR) is 88.9 cm³/mol. The summed E-state index contributed by atoms with van der Waals surface area (Å²) in [6.45, 7) is 2.89. The van der Waals surface area contributed by atoms with Gasteiger partial charge in [0.25, 0.3) is 5.91 Å². The summed E-state index contributed by atoms with van der Waals surface area (Å²) in [6, 6.07) is 15.1. The van der Waals surface area contributed by atoms with Crippen molar-refractivity contribution in [2.75, 3.05) is 19.6 Å². The minimum atomic E-state index is -0.431. The number of halogens is 1. The average Bonchev–Trinajstić information content (AvgIpc) is 2.61. The molecular formula is C19H19FN2O2. The summed E-state index contributed by atoms with van der Waals surface area (Å²) < 4.78 is 13.5. The second kappa shape index (κ2) is 6.83. The first-order valence-corrected chi connectivity index (χ1v) is 7.93. The molecule has 1 atom stereocenters. The third kappa shape index (κ3) is 3.30. The Morgan fingerprint density at radius 3 is 2.46 bits per heavy atom. The van der Waals surface area contributed by atoms with Gasteiger partial charge in [0, 0.05) is 32.1 Å². The van der Waals surface area contributed by atoms with Gasteiger partial charge in [-0.3, -0.25) is 9.59 Å². The molecule has 5 heteroatoms. The summed E-state index contributed by atoms with van der Waals surface area (Å²) in [7, 11) is 0. The molecule has 1 unspecified atom stereocenters. The van der Waals surface area contributed by atoms with E-state index in [4.69, 9.17) is 0 Å². The third-order valence-corrected chi connectivity index (χ3v) is 4.34. The van der Waals surface area contributed by atoms with Crippen molar-refractivity contribution in [1.29, 1.82) is 0 Å². The van der Waals surface area contributed by atoms with E-state index in [2.05, 4.69) is 0 Å². The van der Waals surface area contributed by atoms with Crippen molar-refractivity contribution in [1.82, 2.24) is 9.80 Å². The molecule has 2 aromatic carbocycles. The normalized spacial score (nSPS) is 17.7. The largest absolute Gasteiger partial charge is 0.339 e. The highest BCUT2D eigenvalue weighted by Gasteiger charge is 2.33. The van der Waals surface area contributed by atoms with Crippen LogP contribution < -0.4 is 0 Å². The van der Waals surface area contributed by atoms with Crippen molar-refractivity contribution in [3.05, 3.63) is 71.5 Å². The zero-order chi connectivity index (χ0) is 17.1. The fraction of sp³-hybridized carbons (Fsp3) is 0.263. The minimum Gasteiger partial charge on any atom is -0.339 e. The summed E-state index contributed by atoms with van der Waals surface area (Å²) in [4.78, 5) is 28.1. The Labute approximate surface area is 140 Å². The molecule has 0 radical (unpaired) electrons. The molecule has 24 heavy (non-hydrogen) atoms. The van der Waals surface area contributed by atoms with E-state index in [0.29, 0.717) is 25.2 Å². The first-order chi connectivity index (χ1) is 11.6. The maximum absolute atomic E-state index is 13.5. The van der Waals surface area contributed by atoms with Crippen LogP contribution in [0.3, 0.4) is 0 Å². The fourth-order valence-electron chi connectivity index (χ4n) is 3.06. The molecule has 124 valence electrons. The molecule has 2 amide bonds. The number of nitrogens with zero attached hydrogens (tertiary/aromatic N) is 2. The lowest BCUT2D eigenvalue weighted by Gasteiger charge is -2.41. The van der Waals surface area contributed by atoms with Crippen molar-refractivity contribution in [3.63, 3.8) is 0 Å². The van der Waals surface area contributed by atoms with Gasteiger partial charge in [-0.25, -0.2) is 4.39 Å². The molecule has 0 aliphatic carbocycles. The summed E-state index contributed by atoms with van der Waals surface area (Å²) in [5.41, 5.74) is 1.29. The van der Waals surface area contributed by atoms with Crippen LogP contribution in [0.1, 0.15) is 28.9 Å². The molecule has 1 heterocycles. The number of amides is 2. The second-order valence-corrected chi connectivity index (χ2v) is 5.90. The minimum absolute atomic E-state index is 0.00575. The van der Waals surface area contributed by atoms with Crippen LogP contribution in [0.25, 0.3) is 0 Å². The average molecular weight is 326 g/mol. The number of carbonyl (C=O) groups excluding carboxylic acids is 2. The van der Waals surface area contributed by atoms with Crippen molar-refractivity contribution in [2.24, 2.45) is 0 Å². The van der Waals surface area contributed by atoms with Crippen LogP contribution in [0.15, 0.2) is 54.6 Å². The van der Waals surface area contributed by atoms with Gasteiger partial charge in [-0.2, -0.15) is 0 Å². The maximum Gasteiger partial charge on any atom is 0.254 e. The van der Waals surface area contributed by atoms with Gasteiger partial charge >= 0.3 is 0 Å². The van der Waals surface area contributed by atoms with Gasteiger partial charge < -0.3 is 9.80 Å².